The molecule has 2 N–H and O–H groups in total. The maximum absolute atomic E-state index is 12.2. The zero-order chi connectivity index (χ0) is 13.7. The molecule has 1 amide bonds. The molecule has 112 valence electrons. The second-order valence-corrected chi connectivity index (χ2v) is 5.67. The topological polar surface area (TPSA) is 46.3 Å². The van der Waals surface area contributed by atoms with Crippen LogP contribution in [-0.2, 0) is 11.2 Å². The Kier molecular flexibility index (Phi) is 7.03. The van der Waals surface area contributed by atoms with Crippen LogP contribution < -0.4 is 5.73 Å². The summed E-state index contributed by atoms with van der Waals surface area (Å²) in [5.41, 5.74) is 7.16. The molecule has 20 heavy (non-hydrogen) atoms. The van der Waals surface area contributed by atoms with Gasteiger partial charge in [-0.05, 0) is 30.7 Å². The molecule has 3 nitrogen and oxygen atoms in total. The first kappa shape index (κ1) is 17.0. The van der Waals surface area contributed by atoms with E-state index in [0.717, 1.165) is 12.1 Å². The van der Waals surface area contributed by atoms with Crippen molar-refractivity contribution < 1.29 is 4.79 Å². The maximum atomic E-state index is 12.2. The number of amides is 1. The lowest BCUT2D eigenvalue weighted by Gasteiger charge is -2.24. The number of nitrogens with two attached hydrogens (primary N) is 1. The molecule has 1 aromatic rings. The summed E-state index contributed by atoms with van der Waals surface area (Å²) in [6.07, 6.45) is 5.75. The van der Waals surface area contributed by atoms with Crippen LogP contribution in [0.2, 0.25) is 0 Å². The lowest BCUT2D eigenvalue weighted by atomic mass is 10.0. The average Bonchev–Trinajstić information content (AvgIpc) is 2.91. The van der Waals surface area contributed by atoms with Crippen LogP contribution in [0.25, 0.3) is 0 Å². The number of nitrogens with zero attached hydrogens (tertiary/aromatic N) is 1. The molecule has 0 spiro atoms. The van der Waals surface area contributed by atoms with Crippen LogP contribution in [0.4, 0.5) is 0 Å². The van der Waals surface area contributed by atoms with E-state index in [0.29, 0.717) is 12.3 Å². The van der Waals surface area contributed by atoms with E-state index in [1.54, 1.807) is 0 Å². The van der Waals surface area contributed by atoms with Crippen molar-refractivity contribution >= 4 is 18.3 Å². The summed E-state index contributed by atoms with van der Waals surface area (Å²) in [5.74, 6) is 0.744. The van der Waals surface area contributed by atoms with Crippen LogP contribution in [0, 0.1) is 5.92 Å². The average molecular weight is 297 g/mol. The molecule has 0 aromatic heterocycles. The Balaban J connectivity index is 0.00000200. The van der Waals surface area contributed by atoms with Crippen molar-refractivity contribution in [3.8, 4) is 0 Å². The predicted molar refractivity (Wildman–Crippen MR) is 85.0 cm³/mol. The van der Waals surface area contributed by atoms with Gasteiger partial charge in [0.05, 0.1) is 6.04 Å². The summed E-state index contributed by atoms with van der Waals surface area (Å²) in [5, 5.41) is 0. The second kappa shape index (κ2) is 8.28. The van der Waals surface area contributed by atoms with Gasteiger partial charge in [-0.15, -0.1) is 12.4 Å². The van der Waals surface area contributed by atoms with Gasteiger partial charge in [0.1, 0.15) is 0 Å². The third-order valence-corrected chi connectivity index (χ3v) is 4.00. The van der Waals surface area contributed by atoms with Crippen LogP contribution in [0.15, 0.2) is 30.3 Å². The molecule has 4 heteroatoms. The van der Waals surface area contributed by atoms with E-state index in [-0.39, 0.29) is 18.3 Å². The van der Waals surface area contributed by atoms with Crippen molar-refractivity contribution in [2.45, 2.75) is 38.1 Å². The standard InChI is InChI=1S/C16H24N2O.ClH/c1-18(12-14-9-5-6-10-14)16(19)15(17)11-13-7-3-2-4-8-13;/h2-4,7-8,14-15H,5-6,9-12,17H2,1H3;1H. The molecule has 1 aliphatic carbocycles. The highest BCUT2D eigenvalue weighted by Gasteiger charge is 2.23. The minimum absolute atomic E-state index is 0. The van der Waals surface area contributed by atoms with E-state index >= 15 is 0 Å². The second-order valence-electron chi connectivity index (χ2n) is 5.67. The molecule has 0 aliphatic heterocycles. The van der Waals surface area contributed by atoms with Gasteiger partial charge < -0.3 is 10.6 Å². The smallest absolute Gasteiger partial charge is 0.239 e. The molecule has 1 aliphatic rings. The summed E-state index contributed by atoms with van der Waals surface area (Å²) >= 11 is 0. The normalized spacial score (nSPS) is 16.5. The van der Waals surface area contributed by atoms with Crippen LogP contribution in [-0.4, -0.2) is 30.4 Å². The maximum Gasteiger partial charge on any atom is 0.239 e. The first-order valence-corrected chi connectivity index (χ1v) is 7.21. The summed E-state index contributed by atoms with van der Waals surface area (Å²) in [6, 6.07) is 9.55. The Bertz CT molecular complexity index is 404. The summed E-state index contributed by atoms with van der Waals surface area (Å²) in [6.45, 7) is 0.862. The Labute approximate surface area is 127 Å². The Morgan fingerprint density at radius 3 is 2.50 bits per heavy atom. The van der Waals surface area contributed by atoms with E-state index < -0.39 is 6.04 Å². The minimum Gasteiger partial charge on any atom is -0.344 e. The fourth-order valence-corrected chi connectivity index (χ4v) is 2.91. The quantitative estimate of drug-likeness (QED) is 0.908. The number of halogens is 1. The van der Waals surface area contributed by atoms with Gasteiger partial charge in [-0.2, -0.15) is 0 Å². The monoisotopic (exact) mass is 296 g/mol. The number of hydrogen-bond donors (Lipinski definition) is 1. The van der Waals surface area contributed by atoms with Crippen LogP contribution in [0.1, 0.15) is 31.2 Å². The van der Waals surface area contributed by atoms with Crippen LogP contribution in [0.5, 0.6) is 0 Å². The molecule has 1 aromatic carbocycles. The van der Waals surface area contributed by atoms with Crippen molar-refractivity contribution in [2.75, 3.05) is 13.6 Å². The van der Waals surface area contributed by atoms with Gasteiger partial charge in [0.2, 0.25) is 5.91 Å². The largest absolute Gasteiger partial charge is 0.344 e. The van der Waals surface area contributed by atoms with Gasteiger partial charge in [-0.3, -0.25) is 4.79 Å². The lowest BCUT2D eigenvalue weighted by Crippen LogP contribution is -2.44. The Morgan fingerprint density at radius 1 is 1.30 bits per heavy atom. The molecule has 2 rings (SSSR count). The van der Waals surface area contributed by atoms with Crippen LogP contribution >= 0.6 is 12.4 Å². The van der Waals surface area contributed by atoms with Crippen molar-refractivity contribution in [3.63, 3.8) is 0 Å². The van der Waals surface area contributed by atoms with Gasteiger partial charge in [-0.25, -0.2) is 0 Å². The van der Waals surface area contributed by atoms with Crippen molar-refractivity contribution in [1.29, 1.82) is 0 Å². The predicted octanol–water partition coefficient (Wildman–Crippen LogP) is 2.63. The third-order valence-electron chi connectivity index (χ3n) is 4.00. The number of carbonyl (C=O) groups is 1. The zero-order valence-electron chi connectivity index (χ0n) is 12.1. The van der Waals surface area contributed by atoms with E-state index in [2.05, 4.69) is 0 Å². The van der Waals surface area contributed by atoms with Gasteiger partial charge in [-0.1, -0.05) is 43.2 Å². The SMILES string of the molecule is CN(CC1CCCC1)C(=O)C(N)Cc1ccccc1.Cl. The van der Waals surface area contributed by atoms with Gasteiger partial charge in [0, 0.05) is 13.6 Å². The zero-order valence-corrected chi connectivity index (χ0v) is 12.9. The van der Waals surface area contributed by atoms with Gasteiger partial charge in [0.25, 0.3) is 0 Å². The molecule has 1 unspecified atom stereocenters. The molecule has 0 bridgehead atoms. The van der Waals surface area contributed by atoms with Gasteiger partial charge >= 0.3 is 0 Å². The first-order valence-electron chi connectivity index (χ1n) is 7.21. The molecule has 1 atom stereocenters. The highest BCUT2D eigenvalue weighted by molar-refractivity contribution is 5.85. The number of benzene rings is 1. The molecule has 0 radical (unpaired) electrons. The summed E-state index contributed by atoms with van der Waals surface area (Å²) < 4.78 is 0. The summed E-state index contributed by atoms with van der Waals surface area (Å²) in [7, 11) is 1.88. The number of carbonyl (C=O) groups excluding carboxylic acids is 1. The van der Waals surface area contributed by atoms with E-state index in [1.165, 1.54) is 25.7 Å². The molecule has 0 saturated heterocycles. The van der Waals surface area contributed by atoms with E-state index in [9.17, 15) is 4.79 Å². The van der Waals surface area contributed by atoms with Gasteiger partial charge in [0.15, 0.2) is 0 Å². The van der Waals surface area contributed by atoms with Crippen LogP contribution in [0.3, 0.4) is 0 Å². The third kappa shape index (κ3) is 4.80. The van der Waals surface area contributed by atoms with Crippen molar-refractivity contribution in [2.24, 2.45) is 11.7 Å². The van der Waals surface area contributed by atoms with Crippen molar-refractivity contribution in [1.82, 2.24) is 4.90 Å². The van der Waals surface area contributed by atoms with E-state index in [4.69, 9.17) is 5.73 Å². The molecule has 0 heterocycles. The number of hydrogen-bond acceptors (Lipinski definition) is 2. The summed E-state index contributed by atoms with van der Waals surface area (Å²) in [4.78, 5) is 14.1. The molecular formula is C16H25ClN2O. The fraction of sp³-hybridized carbons (Fsp3) is 0.562. The fourth-order valence-electron chi connectivity index (χ4n) is 2.91. The minimum atomic E-state index is -0.422. The van der Waals surface area contributed by atoms with Crippen molar-refractivity contribution in [3.05, 3.63) is 35.9 Å². The molecule has 1 fully saturated rings. The lowest BCUT2D eigenvalue weighted by molar-refractivity contribution is -0.131. The highest BCUT2D eigenvalue weighted by Crippen LogP contribution is 2.25. The Hall–Kier alpha value is -1.06. The Morgan fingerprint density at radius 2 is 1.90 bits per heavy atom. The number of likely N-dealkylation sites (N-methyl/N-ethyl adjacent to an activating group) is 1. The van der Waals surface area contributed by atoms with E-state index in [1.807, 2.05) is 42.3 Å². The first-order chi connectivity index (χ1) is 9.16. The molecule has 1 saturated carbocycles. The highest BCUT2D eigenvalue weighted by atomic mass is 35.5. The number of rotatable bonds is 5. The molecular weight excluding hydrogens is 272 g/mol.